The van der Waals surface area contributed by atoms with Crippen molar-refractivity contribution in [2.24, 2.45) is 5.73 Å². The number of hydrogen-bond acceptors (Lipinski definition) is 3. The zero-order valence-electron chi connectivity index (χ0n) is 8.73. The summed E-state index contributed by atoms with van der Waals surface area (Å²) in [4.78, 5) is 32.4. The van der Waals surface area contributed by atoms with Gasteiger partial charge in [-0.15, -0.1) is 12.3 Å². The minimum atomic E-state index is -1.20. The molecule has 1 atom stereocenters. The van der Waals surface area contributed by atoms with Crippen LogP contribution < -0.4 is 11.1 Å². The van der Waals surface area contributed by atoms with Crippen LogP contribution in [0.15, 0.2) is 0 Å². The highest BCUT2D eigenvalue weighted by Gasteiger charge is 2.19. The molecular weight excluding hydrogens is 212 g/mol. The Balaban J connectivity index is 4.13. The number of carbonyl (C=O) groups is 3. The lowest BCUT2D eigenvalue weighted by Gasteiger charge is -2.12. The Bertz CT molecular complexity index is 319. The summed E-state index contributed by atoms with van der Waals surface area (Å²) in [5.41, 5.74) is 4.88. The van der Waals surface area contributed by atoms with Crippen LogP contribution in [0.2, 0.25) is 0 Å². The van der Waals surface area contributed by atoms with Crippen molar-refractivity contribution in [2.45, 2.75) is 31.7 Å². The van der Waals surface area contributed by atoms with E-state index in [1.165, 1.54) is 0 Å². The highest BCUT2D eigenvalue weighted by Crippen LogP contribution is 1.98. The first-order chi connectivity index (χ1) is 7.47. The number of rotatable bonds is 7. The van der Waals surface area contributed by atoms with Gasteiger partial charge < -0.3 is 16.2 Å². The van der Waals surface area contributed by atoms with Crippen molar-refractivity contribution in [3.63, 3.8) is 0 Å². The van der Waals surface area contributed by atoms with E-state index in [0.717, 1.165) is 0 Å². The van der Waals surface area contributed by atoms with Crippen LogP contribution in [0.1, 0.15) is 25.7 Å². The molecule has 0 aliphatic carbocycles. The van der Waals surface area contributed by atoms with Crippen molar-refractivity contribution < 1.29 is 19.5 Å². The molecule has 0 aliphatic rings. The highest BCUT2D eigenvalue weighted by atomic mass is 16.4. The van der Waals surface area contributed by atoms with Gasteiger partial charge in [0.05, 0.1) is 0 Å². The van der Waals surface area contributed by atoms with Crippen molar-refractivity contribution in [3.05, 3.63) is 0 Å². The van der Waals surface area contributed by atoms with Gasteiger partial charge in [0.25, 0.3) is 0 Å². The van der Waals surface area contributed by atoms with E-state index in [4.69, 9.17) is 17.3 Å². The average Bonchev–Trinajstić information content (AvgIpc) is 2.20. The molecule has 0 fully saturated rings. The molecule has 4 N–H and O–H groups in total. The summed E-state index contributed by atoms with van der Waals surface area (Å²) in [7, 11) is 0. The lowest BCUT2D eigenvalue weighted by Crippen LogP contribution is -2.41. The van der Waals surface area contributed by atoms with Gasteiger partial charge in [0.15, 0.2) is 0 Å². The summed E-state index contributed by atoms with van der Waals surface area (Å²) < 4.78 is 0. The molecule has 0 aromatic rings. The molecule has 0 saturated heterocycles. The van der Waals surface area contributed by atoms with Crippen molar-refractivity contribution >= 4 is 17.8 Å². The third-order valence-corrected chi connectivity index (χ3v) is 1.81. The number of carboxylic acids is 1. The SMILES string of the molecule is C#CCCC(=O)N[C@H](CCC(N)=O)C(=O)O. The summed E-state index contributed by atoms with van der Waals surface area (Å²) in [6.07, 6.45) is 5.16. The van der Waals surface area contributed by atoms with Gasteiger partial charge in [-0.05, 0) is 6.42 Å². The Kier molecular flexibility index (Phi) is 6.36. The van der Waals surface area contributed by atoms with E-state index in [1.807, 2.05) is 0 Å². The Morgan fingerprint density at radius 2 is 2.00 bits per heavy atom. The van der Waals surface area contributed by atoms with Gasteiger partial charge in [-0.25, -0.2) is 4.79 Å². The first-order valence-electron chi connectivity index (χ1n) is 4.71. The maximum Gasteiger partial charge on any atom is 0.326 e. The average molecular weight is 226 g/mol. The van der Waals surface area contributed by atoms with Crippen LogP contribution in [0.25, 0.3) is 0 Å². The highest BCUT2D eigenvalue weighted by molar-refractivity contribution is 5.84. The molecule has 0 bridgehead atoms. The fourth-order valence-corrected chi connectivity index (χ4v) is 0.996. The second-order valence-electron chi connectivity index (χ2n) is 3.17. The fraction of sp³-hybridized carbons (Fsp3) is 0.500. The molecule has 6 heteroatoms. The number of amides is 2. The predicted octanol–water partition coefficient (Wildman–Crippen LogP) is -0.765. The zero-order chi connectivity index (χ0) is 12.6. The van der Waals surface area contributed by atoms with Crippen LogP contribution in [0.4, 0.5) is 0 Å². The van der Waals surface area contributed by atoms with Gasteiger partial charge >= 0.3 is 5.97 Å². The molecule has 2 amide bonds. The normalized spacial score (nSPS) is 11.2. The van der Waals surface area contributed by atoms with Crippen LogP contribution in [0.3, 0.4) is 0 Å². The molecule has 16 heavy (non-hydrogen) atoms. The molecule has 0 heterocycles. The summed E-state index contributed by atoms with van der Waals surface area (Å²) in [5, 5.41) is 11.0. The number of nitrogens with two attached hydrogens (primary N) is 1. The number of primary amides is 1. The monoisotopic (exact) mass is 226 g/mol. The third kappa shape index (κ3) is 6.43. The molecule has 0 rings (SSSR count). The van der Waals surface area contributed by atoms with E-state index in [0.29, 0.717) is 0 Å². The van der Waals surface area contributed by atoms with Gasteiger partial charge in [0.1, 0.15) is 6.04 Å². The largest absolute Gasteiger partial charge is 0.480 e. The topological polar surface area (TPSA) is 109 Å². The Morgan fingerprint density at radius 1 is 1.38 bits per heavy atom. The smallest absolute Gasteiger partial charge is 0.326 e. The molecule has 0 aliphatic heterocycles. The molecule has 0 aromatic heterocycles. The maximum absolute atomic E-state index is 11.2. The zero-order valence-corrected chi connectivity index (χ0v) is 8.73. The number of aliphatic carboxylic acids is 1. The molecule has 6 nitrogen and oxygen atoms in total. The maximum atomic E-state index is 11.2. The van der Waals surface area contributed by atoms with Gasteiger partial charge in [-0.2, -0.15) is 0 Å². The van der Waals surface area contributed by atoms with E-state index in [-0.39, 0.29) is 25.7 Å². The third-order valence-electron chi connectivity index (χ3n) is 1.81. The minimum Gasteiger partial charge on any atom is -0.480 e. The first-order valence-corrected chi connectivity index (χ1v) is 4.71. The summed E-state index contributed by atoms with van der Waals surface area (Å²) >= 11 is 0. The van der Waals surface area contributed by atoms with E-state index < -0.39 is 23.8 Å². The Labute approximate surface area is 93.2 Å². The van der Waals surface area contributed by atoms with Crippen molar-refractivity contribution in [3.8, 4) is 12.3 Å². The lowest BCUT2D eigenvalue weighted by molar-refractivity contribution is -0.142. The van der Waals surface area contributed by atoms with Crippen molar-refractivity contribution in [1.29, 1.82) is 0 Å². The Morgan fingerprint density at radius 3 is 2.44 bits per heavy atom. The second-order valence-corrected chi connectivity index (χ2v) is 3.17. The van der Waals surface area contributed by atoms with Crippen LogP contribution in [-0.4, -0.2) is 28.9 Å². The van der Waals surface area contributed by atoms with Crippen molar-refractivity contribution in [2.75, 3.05) is 0 Å². The number of hydrogen-bond donors (Lipinski definition) is 3. The molecule has 88 valence electrons. The molecule has 0 unspecified atom stereocenters. The van der Waals surface area contributed by atoms with Gasteiger partial charge in [0, 0.05) is 19.3 Å². The molecule has 0 saturated carbocycles. The summed E-state index contributed by atoms with van der Waals surface area (Å²) in [6, 6.07) is -1.10. The van der Waals surface area contributed by atoms with E-state index in [1.54, 1.807) is 0 Å². The standard InChI is InChI=1S/C10H14N2O4/c1-2-3-4-9(14)12-7(10(15)16)5-6-8(11)13/h1,7H,3-6H2,(H2,11,13)(H,12,14)(H,15,16)/t7-/m1/s1. The van der Waals surface area contributed by atoms with Gasteiger partial charge in [-0.3, -0.25) is 9.59 Å². The second kappa shape index (κ2) is 7.29. The number of carboxylic acid groups (broad SMARTS) is 1. The van der Waals surface area contributed by atoms with Crippen molar-refractivity contribution in [1.82, 2.24) is 5.32 Å². The Hall–Kier alpha value is -2.03. The molecule has 0 spiro atoms. The lowest BCUT2D eigenvalue weighted by atomic mass is 10.1. The van der Waals surface area contributed by atoms with E-state index in [2.05, 4.69) is 11.2 Å². The minimum absolute atomic E-state index is 0.0214. The number of terminal acetylenes is 1. The predicted molar refractivity (Wildman–Crippen MR) is 56.1 cm³/mol. The number of carbonyl (C=O) groups excluding carboxylic acids is 2. The van der Waals surface area contributed by atoms with Crippen LogP contribution >= 0.6 is 0 Å². The van der Waals surface area contributed by atoms with E-state index in [9.17, 15) is 14.4 Å². The van der Waals surface area contributed by atoms with Crippen LogP contribution in [0.5, 0.6) is 0 Å². The van der Waals surface area contributed by atoms with E-state index >= 15 is 0 Å². The molecular formula is C10H14N2O4. The van der Waals surface area contributed by atoms with Gasteiger partial charge in [0.2, 0.25) is 11.8 Å². The summed E-state index contributed by atoms with van der Waals surface area (Å²) in [6.45, 7) is 0. The quantitative estimate of drug-likeness (QED) is 0.495. The fourth-order valence-electron chi connectivity index (χ4n) is 0.996. The summed E-state index contributed by atoms with van der Waals surface area (Å²) in [5.74, 6) is 0.0136. The molecule has 0 radical (unpaired) electrons. The molecule has 0 aromatic carbocycles. The van der Waals surface area contributed by atoms with Crippen LogP contribution in [0, 0.1) is 12.3 Å². The number of nitrogens with one attached hydrogen (secondary N) is 1. The van der Waals surface area contributed by atoms with Gasteiger partial charge in [-0.1, -0.05) is 0 Å². The first kappa shape index (κ1) is 14.0. The van der Waals surface area contributed by atoms with Crippen LogP contribution in [-0.2, 0) is 14.4 Å².